The molecule has 1 atom stereocenters. The maximum Gasteiger partial charge on any atom is 0.416 e. The first-order chi connectivity index (χ1) is 13.9. The molecule has 4 nitrogen and oxygen atoms in total. The highest BCUT2D eigenvalue weighted by Gasteiger charge is 2.44. The van der Waals surface area contributed by atoms with Crippen molar-refractivity contribution < 1.29 is 32.2 Å². The molecular formula is C22H21F4NO3. The van der Waals surface area contributed by atoms with E-state index in [0.29, 0.717) is 29.5 Å². The molecule has 1 N–H and O–H groups in total. The van der Waals surface area contributed by atoms with Crippen molar-refractivity contribution >= 4 is 11.5 Å². The molecule has 0 bridgehead atoms. The Bertz CT molecular complexity index is 984. The van der Waals surface area contributed by atoms with Gasteiger partial charge in [0.15, 0.2) is 6.73 Å². The van der Waals surface area contributed by atoms with Crippen molar-refractivity contribution in [2.45, 2.75) is 38.6 Å². The number of carbonyl (C=O) groups is 1. The summed E-state index contributed by atoms with van der Waals surface area (Å²) in [7, 11) is 0. The van der Waals surface area contributed by atoms with Gasteiger partial charge in [-0.3, -0.25) is 9.69 Å². The van der Waals surface area contributed by atoms with E-state index in [1.54, 1.807) is 37.3 Å². The normalized spacial score (nSPS) is 16.5. The molecule has 160 valence electrons. The average molecular weight is 423 g/mol. The van der Waals surface area contributed by atoms with Crippen LogP contribution in [0.3, 0.4) is 0 Å². The van der Waals surface area contributed by atoms with E-state index in [1.807, 2.05) is 0 Å². The second-order valence-corrected chi connectivity index (χ2v) is 7.59. The first-order valence-corrected chi connectivity index (χ1v) is 9.20. The first kappa shape index (κ1) is 21.8. The predicted octanol–water partition coefficient (Wildman–Crippen LogP) is 4.90. The Labute approximate surface area is 171 Å². The Balaban J connectivity index is 1.99. The van der Waals surface area contributed by atoms with E-state index >= 15 is 0 Å². The van der Waals surface area contributed by atoms with Crippen LogP contribution in [-0.2, 0) is 15.7 Å². The number of aliphatic hydroxyl groups is 1. The molecule has 8 heteroatoms. The Hall–Kier alpha value is -2.87. The fourth-order valence-electron chi connectivity index (χ4n) is 3.40. The lowest BCUT2D eigenvalue weighted by Crippen LogP contribution is -2.54. The smallest absolute Gasteiger partial charge is 0.416 e. The number of halogens is 4. The lowest BCUT2D eigenvalue weighted by Gasteiger charge is -2.44. The van der Waals surface area contributed by atoms with Gasteiger partial charge in [0.1, 0.15) is 17.7 Å². The highest BCUT2D eigenvalue weighted by molar-refractivity contribution is 6.20. The molecule has 0 radical (unpaired) electrons. The van der Waals surface area contributed by atoms with Gasteiger partial charge >= 0.3 is 6.18 Å². The molecule has 0 saturated heterocycles. The van der Waals surface area contributed by atoms with E-state index in [0.717, 1.165) is 0 Å². The SMILES string of the molecule is CC1=C(c2ccccc2)C(=O)N(C(C)(C)C(O)c2cc(C(F)(F)F)ccc2F)CO1. The summed E-state index contributed by atoms with van der Waals surface area (Å²) in [5.74, 6) is -1.08. The molecule has 2 aromatic rings. The molecule has 0 aliphatic carbocycles. The zero-order chi connectivity index (χ0) is 22.3. The predicted molar refractivity (Wildman–Crippen MR) is 102 cm³/mol. The first-order valence-electron chi connectivity index (χ1n) is 9.20. The number of benzene rings is 2. The van der Waals surface area contributed by atoms with Crippen LogP contribution in [0.5, 0.6) is 0 Å². The molecule has 1 amide bonds. The molecule has 2 aromatic carbocycles. The van der Waals surface area contributed by atoms with Crippen LogP contribution in [-0.4, -0.2) is 28.2 Å². The van der Waals surface area contributed by atoms with Gasteiger partial charge in [-0.05, 0) is 44.5 Å². The monoisotopic (exact) mass is 423 g/mol. The van der Waals surface area contributed by atoms with E-state index < -0.39 is 40.7 Å². The maximum atomic E-state index is 14.3. The van der Waals surface area contributed by atoms with Crippen LogP contribution < -0.4 is 0 Å². The Morgan fingerprint density at radius 2 is 1.73 bits per heavy atom. The number of aliphatic hydroxyl groups excluding tert-OH is 1. The standard InChI is InChI=1S/C22H21F4NO3/c1-13-18(14-7-5-4-6-8-14)20(29)27(12-30-13)21(2,3)19(28)16-11-15(22(24,25)26)9-10-17(16)23/h4-11,19,28H,12H2,1-3H3. The molecule has 3 rings (SSSR count). The number of allylic oxidation sites excluding steroid dienone is 1. The highest BCUT2D eigenvalue weighted by atomic mass is 19.4. The summed E-state index contributed by atoms with van der Waals surface area (Å²) in [6.45, 7) is 4.29. The van der Waals surface area contributed by atoms with Crippen molar-refractivity contribution in [1.29, 1.82) is 0 Å². The summed E-state index contributed by atoms with van der Waals surface area (Å²) in [6, 6.07) is 10.6. The number of rotatable bonds is 4. The van der Waals surface area contributed by atoms with E-state index in [9.17, 15) is 27.5 Å². The summed E-state index contributed by atoms with van der Waals surface area (Å²) in [4.78, 5) is 14.4. The van der Waals surface area contributed by atoms with Crippen molar-refractivity contribution in [1.82, 2.24) is 4.90 Å². The minimum absolute atomic E-state index is 0.231. The zero-order valence-electron chi connectivity index (χ0n) is 16.6. The number of carbonyl (C=O) groups excluding carboxylic acids is 1. The topological polar surface area (TPSA) is 49.8 Å². The second kappa shape index (κ2) is 7.75. The number of amides is 1. The van der Waals surface area contributed by atoms with Crippen molar-refractivity contribution in [3.63, 3.8) is 0 Å². The summed E-state index contributed by atoms with van der Waals surface area (Å²) in [5, 5.41) is 10.8. The Morgan fingerprint density at radius 3 is 2.33 bits per heavy atom. The van der Waals surface area contributed by atoms with Gasteiger partial charge in [0.05, 0.1) is 16.7 Å². The largest absolute Gasteiger partial charge is 0.477 e. The van der Waals surface area contributed by atoms with Crippen LogP contribution in [0.15, 0.2) is 54.3 Å². The lowest BCUT2D eigenvalue weighted by molar-refractivity contribution is -0.147. The van der Waals surface area contributed by atoms with Crippen molar-refractivity contribution in [2.75, 3.05) is 6.73 Å². The van der Waals surface area contributed by atoms with Crippen LogP contribution in [0.4, 0.5) is 17.6 Å². The van der Waals surface area contributed by atoms with Gasteiger partial charge in [-0.15, -0.1) is 0 Å². The highest BCUT2D eigenvalue weighted by Crippen LogP contribution is 2.39. The zero-order valence-corrected chi connectivity index (χ0v) is 16.6. The van der Waals surface area contributed by atoms with Crippen LogP contribution in [0.2, 0.25) is 0 Å². The van der Waals surface area contributed by atoms with Crippen LogP contribution >= 0.6 is 0 Å². The number of hydrogen-bond donors (Lipinski definition) is 1. The quantitative estimate of drug-likeness (QED) is 0.712. The number of nitrogens with zero attached hydrogens (tertiary/aromatic N) is 1. The number of ether oxygens (including phenoxy) is 1. The molecule has 0 saturated carbocycles. The van der Waals surface area contributed by atoms with Crippen LogP contribution in [0.25, 0.3) is 5.57 Å². The van der Waals surface area contributed by atoms with Crippen LogP contribution in [0.1, 0.15) is 43.6 Å². The van der Waals surface area contributed by atoms with E-state index in [2.05, 4.69) is 0 Å². The molecule has 0 aromatic heterocycles. The van der Waals surface area contributed by atoms with E-state index in [4.69, 9.17) is 4.74 Å². The van der Waals surface area contributed by atoms with Gasteiger partial charge in [0.2, 0.25) is 0 Å². The molecular weight excluding hydrogens is 402 g/mol. The summed E-state index contributed by atoms with van der Waals surface area (Å²) < 4.78 is 59.1. The van der Waals surface area contributed by atoms with E-state index in [-0.39, 0.29) is 12.3 Å². The van der Waals surface area contributed by atoms with Gasteiger partial charge in [-0.25, -0.2) is 4.39 Å². The average Bonchev–Trinajstić information content (AvgIpc) is 2.67. The molecule has 1 aliphatic heterocycles. The third kappa shape index (κ3) is 3.92. The molecule has 0 fully saturated rings. The minimum atomic E-state index is -4.70. The fourth-order valence-corrected chi connectivity index (χ4v) is 3.40. The number of hydrogen-bond acceptors (Lipinski definition) is 3. The molecule has 1 unspecified atom stereocenters. The van der Waals surface area contributed by atoms with Crippen molar-refractivity contribution in [3.8, 4) is 0 Å². The van der Waals surface area contributed by atoms with Gasteiger partial charge in [-0.1, -0.05) is 30.3 Å². The Morgan fingerprint density at radius 1 is 1.10 bits per heavy atom. The summed E-state index contributed by atoms with van der Waals surface area (Å²) >= 11 is 0. The Kier molecular flexibility index (Phi) is 5.64. The lowest BCUT2D eigenvalue weighted by atomic mass is 9.87. The third-order valence-corrected chi connectivity index (χ3v) is 5.27. The molecule has 30 heavy (non-hydrogen) atoms. The van der Waals surface area contributed by atoms with Gasteiger partial charge in [-0.2, -0.15) is 13.2 Å². The number of alkyl halides is 3. The second-order valence-electron chi connectivity index (χ2n) is 7.59. The van der Waals surface area contributed by atoms with Gasteiger partial charge in [0, 0.05) is 5.56 Å². The third-order valence-electron chi connectivity index (χ3n) is 5.27. The molecule has 1 aliphatic rings. The maximum absolute atomic E-state index is 14.3. The summed E-state index contributed by atoms with van der Waals surface area (Å²) in [6.07, 6.45) is -6.43. The van der Waals surface area contributed by atoms with Crippen molar-refractivity contribution in [2.24, 2.45) is 0 Å². The fraction of sp³-hybridized carbons (Fsp3) is 0.318. The van der Waals surface area contributed by atoms with Crippen LogP contribution in [0, 0.1) is 5.82 Å². The van der Waals surface area contributed by atoms with E-state index in [1.165, 1.54) is 18.7 Å². The molecule has 0 spiro atoms. The minimum Gasteiger partial charge on any atom is -0.477 e. The summed E-state index contributed by atoms with van der Waals surface area (Å²) in [5.41, 5.74) is -2.24. The molecule has 1 heterocycles. The van der Waals surface area contributed by atoms with Gasteiger partial charge < -0.3 is 9.84 Å². The van der Waals surface area contributed by atoms with Crippen molar-refractivity contribution in [3.05, 3.63) is 76.8 Å². The van der Waals surface area contributed by atoms with Gasteiger partial charge in [0.25, 0.3) is 5.91 Å².